The van der Waals surface area contributed by atoms with Crippen LogP contribution in [-0.2, 0) is 12.8 Å². The number of hydrogen-bond donors (Lipinski definition) is 2. The number of halogens is 2. The third kappa shape index (κ3) is 6.03. The molecule has 1 saturated heterocycles. The molecule has 0 saturated carbocycles. The van der Waals surface area contributed by atoms with Crippen molar-refractivity contribution in [1.82, 2.24) is 29.4 Å². The van der Waals surface area contributed by atoms with Gasteiger partial charge in [0.2, 0.25) is 5.95 Å². The Labute approximate surface area is 236 Å². The van der Waals surface area contributed by atoms with E-state index in [1.807, 2.05) is 17.0 Å². The van der Waals surface area contributed by atoms with Crippen LogP contribution in [0.5, 0.6) is 0 Å². The number of aliphatic hydroxyl groups is 2. The van der Waals surface area contributed by atoms with E-state index in [4.69, 9.17) is 0 Å². The van der Waals surface area contributed by atoms with E-state index < -0.39 is 17.5 Å². The zero-order valence-electron chi connectivity index (χ0n) is 22.9. The highest BCUT2D eigenvalue weighted by Gasteiger charge is 2.26. The molecule has 0 spiro atoms. The number of benzene rings is 1. The van der Waals surface area contributed by atoms with Gasteiger partial charge in [-0.15, -0.1) is 0 Å². The van der Waals surface area contributed by atoms with E-state index in [9.17, 15) is 15.0 Å². The van der Waals surface area contributed by atoms with Gasteiger partial charge in [-0.3, -0.25) is 4.79 Å². The Balaban J connectivity index is 1.33. The number of fused-ring (bicyclic) bond motifs is 1. The van der Waals surface area contributed by atoms with E-state index in [1.165, 1.54) is 29.6 Å². The van der Waals surface area contributed by atoms with Gasteiger partial charge in [0.1, 0.15) is 17.8 Å². The molecule has 0 unspecified atom stereocenters. The lowest BCUT2D eigenvalue weighted by atomic mass is 10.0. The minimum absolute atomic E-state index is 0.0147. The van der Waals surface area contributed by atoms with Crippen molar-refractivity contribution < 1.29 is 23.8 Å². The van der Waals surface area contributed by atoms with Gasteiger partial charge in [0, 0.05) is 62.8 Å². The molecule has 0 atom stereocenters. The molecule has 5 rings (SSSR count). The van der Waals surface area contributed by atoms with E-state index in [0.717, 1.165) is 44.0 Å². The van der Waals surface area contributed by atoms with Gasteiger partial charge in [0.05, 0.1) is 24.3 Å². The number of aryl methyl sites for hydroxylation is 1. The molecule has 41 heavy (non-hydrogen) atoms. The fourth-order valence-corrected chi connectivity index (χ4v) is 5.29. The Hall–Kier alpha value is -4.03. The van der Waals surface area contributed by atoms with Crippen LogP contribution >= 0.6 is 0 Å². The normalized spacial score (nSPS) is 14.1. The number of amides is 1. The third-order valence-corrected chi connectivity index (χ3v) is 7.57. The molecule has 3 aromatic heterocycles. The van der Waals surface area contributed by atoms with Crippen molar-refractivity contribution in [3.05, 3.63) is 77.1 Å². The summed E-state index contributed by atoms with van der Waals surface area (Å²) in [6, 6.07) is 4.10. The average molecular weight is 566 g/mol. The molecule has 1 aliphatic heterocycles. The lowest BCUT2D eigenvalue weighted by Crippen LogP contribution is -2.35. The topological polar surface area (TPSA) is 121 Å². The second-order valence-electron chi connectivity index (χ2n) is 10.1. The van der Waals surface area contributed by atoms with E-state index in [-0.39, 0.29) is 55.3 Å². The van der Waals surface area contributed by atoms with Crippen LogP contribution in [0, 0.1) is 11.6 Å². The molecule has 0 aliphatic carbocycles. The zero-order valence-corrected chi connectivity index (χ0v) is 22.9. The molecule has 1 fully saturated rings. The summed E-state index contributed by atoms with van der Waals surface area (Å²) in [6.07, 6.45) is 8.92. The Bertz CT molecular complexity index is 1500. The first-order valence-corrected chi connectivity index (χ1v) is 13.8. The average Bonchev–Trinajstić information content (AvgIpc) is 3.35. The summed E-state index contributed by atoms with van der Waals surface area (Å²) in [5, 5.41) is 18.6. The van der Waals surface area contributed by atoms with Crippen LogP contribution in [0.2, 0.25) is 0 Å². The zero-order chi connectivity index (χ0) is 28.9. The van der Waals surface area contributed by atoms with Crippen molar-refractivity contribution >= 4 is 22.9 Å². The molecule has 12 heteroatoms. The lowest BCUT2D eigenvalue weighted by molar-refractivity contribution is 0.0684. The van der Waals surface area contributed by atoms with Gasteiger partial charge >= 0.3 is 0 Å². The third-order valence-electron chi connectivity index (χ3n) is 7.57. The Morgan fingerprint density at radius 2 is 1.73 bits per heavy atom. The van der Waals surface area contributed by atoms with Crippen LogP contribution < -0.4 is 4.90 Å². The maximum absolute atomic E-state index is 15.3. The van der Waals surface area contributed by atoms with Crippen molar-refractivity contribution in [3.8, 4) is 0 Å². The minimum atomic E-state index is -0.628. The number of carbonyl (C=O) groups is 1. The highest BCUT2D eigenvalue weighted by atomic mass is 19.1. The van der Waals surface area contributed by atoms with Crippen molar-refractivity contribution in [2.75, 3.05) is 44.3 Å². The predicted octanol–water partition coefficient (Wildman–Crippen LogP) is 2.92. The van der Waals surface area contributed by atoms with Gasteiger partial charge in [0.25, 0.3) is 5.91 Å². The van der Waals surface area contributed by atoms with Crippen LogP contribution in [0.15, 0.2) is 43.1 Å². The van der Waals surface area contributed by atoms with E-state index >= 15 is 8.78 Å². The highest BCUT2D eigenvalue weighted by Crippen LogP contribution is 2.31. The Morgan fingerprint density at radius 1 is 1.02 bits per heavy atom. The molecular formula is C29H33F2N7O3. The summed E-state index contributed by atoms with van der Waals surface area (Å²) in [6.45, 7) is 3.00. The van der Waals surface area contributed by atoms with Gasteiger partial charge in [-0.25, -0.2) is 28.7 Å². The first-order valence-electron chi connectivity index (χ1n) is 13.8. The first-order chi connectivity index (χ1) is 19.9. The number of rotatable bonds is 10. The molecule has 4 aromatic rings. The summed E-state index contributed by atoms with van der Waals surface area (Å²) in [7, 11) is 0. The van der Waals surface area contributed by atoms with Gasteiger partial charge in [-0.2, -0.15) is 0 Å². The fourth-order valence-electron chi connectivity index (χ4n) is 5.29. The fraction of sp³-hybridized carbons (Fsp3) is 0.414. The number of nitrogens with zero attached hydrogens (tertiary/aromatic N) is 7. The molecule has 216 valence electrons. The minimum Gasteiger partial charge on any atom is -0.395 e. The van der Waals surface area contributed by atoms with E-state index in [0.29, 0.717) is 17.3 Å². The maximum Gasteiger partial charge on any atom is 0.254 e. The summed E-state index contributed by atoms with van der Waals surface area (Å²) < 4.78 is 32.3. The predicted molar refractivity (Wildman–Crippen MR) is 149 cm³/mol. The molecule has 0 radical (unpaired) electrons. The lowest BCUT2D eigenvalue weighted by Gasteiger charge is -2.32. The largest absolute Gasteiger partial charge is 0.395 e. The van der Waals surface area contributed by atoms with Crippen molar-refractivity contribution in [2.45, 2.75) is 38.6 Å². The second kappa shape index (κ2) is 12.6. The molecule has 1 aliphatic rings. The molecule has 4 heterocycles. The van der Waals surface area contributed by atoms with Crippen LogP contribution in [-0.4, -0.2) is 84.9 Å². The summed E-state index contributed by atoms with van der Waals surface area (Å²) in [5.74, 6) is -0.899. The number of aliphatic hydroxyl groups excluding tert-OH is 2. The van der Waals surface area contributed by atoms with Gasteiger partial charge in [-0.1, -0.05) is 13.0 Å². The van der Waals surface area contributed by atoms with Crippen LogP contribution in [0.3, 0.4) is 0 Å². The van der Waals surface area contributed by atoms with Crippen LogP contribution in [0.25, 0.3) is 11.0 Å². The SMILES string of the molecule is CCc1cnc(N2CCC(n3cc(F)c4c(Cc5ccc(C(=O)N(CCO)CCO)cc5F)ncnc43)CC2)nc1. The van der Waals surface area contributed by atoms with Crippen LogP contribution in [0.4, 0.5) is 14.7 Å². The van der Waals surface area contributed by atoms with E-state index in [2.05, 4.69) is 31.8 Å². The number of hydrogen-bond acceptors (Lipinski definition) is 8. The number of aromatic nitrogens is 5. The first kappa shape index (κ1) is 28.5. The van der Waals surface area contributed by atoms with Crippen molar-refractivity contribution in [3.63, 3.8) is 0 Å². The molecule has 1 aromatic carbocycles. The van der Waals surface area contributed by atoms with Crippen LogP contribution in [0.1, 0.15) is 53.0 Å². The molecular weight excluding hydrogens is 532 g/mol. The monoisotopic (exact) mass is 565 g/mol. The van der Waals surface area contributed by atoms with Crippen molar-refractivity contribution in [1.29, 1.82) is 0 Å². The molecule has 0 bridgehead atoms. The van der Waals surface area contributed by atoms with E-state index in [1.54, 1.807) is 0 Å². The molecule has 2 N–H and O–H groups in total. The smallest absolute Gasteiger partial charge is 0.254 e. The quantitative estimate of drug-likeness (QED) is 0.301. The second-order valence-corrected chi connectivity index (χ2v) is 10.1. The van der Waals surface area contributed by atoms with Gasteiger partial charge < -0.3 is 24.6 Å². The highest BCUT2D eigenvalue weighted by molar-refractivity contribution is 5.94. The standard InChI is InChI=1S/C29H33F2N7O3/c1-2-19-15-32-29(33-16-19)37-7-5-22(6-8-37)38-17-24(31)26-25(34-18-35-27(26)38)14-20-3-4-21(13-23(20)30)28(41)36(9-11-39)10-12-40/h3-4,13,15-18,22,39-40H,2,5-12,14H2,1H3. The number of anilines is 1. The Kier molecular flexibility index (Phi) is 8.79. The summed E-state index contributed by atoms with van der Waals surface area (Å²) in [5.41, 5.74) is 2.25. The number of piperidine rings is 1. The van der Waals surface area contributed by atoms with Crippen molar-refractivity contribution in [2.24, 2.45) is 0 Å². The van der Waals surface area contributed by atoms with Gasteiger partial charge in [0.15, 0.2) is 5.82 Å². The maximum atomic E-state index is 15.3. The summed E-state index contributed by atoms with van der Waals surface area (Å²) in [4.78, 5) is 33.7. The molecule has 1 amide bonds. The molecule has 10 nitrogen and oxygen atoms in total. The summed E-state index contributed by atoms with van der Waals surface area (Å²) >= 11 is 0. The Morgan fingerprint density at radius 3 is 2.37 bits per heavy atom. The number of carbonyl (C=O) groups excluding carboxylic acids is 1. The van der Waals surface area contributed by atoms with Gasteiger partial charge in [-0.05, 0) is 42.5 Å².